The minimum atomic E-state index is -3.77. The van der Waals surface area contributed by atoms with E-state index in [0.29, 0.717) is 0 Å². The molecule has 0 bridgehead atoms. The molecule has 0 saturated carbocycles. The van der Waals surface area contributed by atoms with Gasteiger partial charge in [0.2, 0.25) is 15.9 Å². The summed E-state index contributed by atoms with van der Waals surface area (Å²) in [4.78, 5) is 11.4. The molecule has 0 aliphatic carbocycles. The molecule has 0 unspecified atom stereocenters. The molecule has 2 aromatic rings. The quantitative estimate of drug-likeness (QED) is 0.350. The van der Waals surface area contributed by atoms with Crippen LogP contribution in [0.3, 0.4) is 0 Å². The molecule has 2 rings (SSSR count). The van der Waals surface area contributed by atoms with E-state index < -0.39 is 15.9 Å². The number of hydrogen-bond acceptors (Lipinski definition) is 4. The summed E-state index contributed by atoms with van der Waals surface area (Å²) in [5.74, 6) is -0.640. The van der Waals surface area contributed by atoms with E-state index in [4.69, 9.17) is 5.21 Å². The molecule has 0 saturated heterocycles. The van der Waals surface area contributed by atoms with E-state index in [0.717, 1.165) is 10.0 Å². The number of sulfonamides is 1. The number of halogens is 1. The van der Waals surface area contributed by atoms with Crippen LogP contribution in [0.5, 0.6) is 0 Å². The standard InChI is InChI=1S/C16H17BrN2O4S.Na/c17-14-6-8-15(9-7-14)24(22,23)19(11-10-16(20)18-21)12-13-4-2-1-3-5-13;/h1-9,21H,10-12H2,(H,18,20);/q;+1. The van der Waals surface area contributed by atoms with Gasteiger partial charge in [0.25, 0.3) is 0 Å². The molecule has 0 aromatic heterocycles. The van der Waals surface area contributed by atoms with Crippen LogP contribution in [0.2, 0.25) is 0 Å². The Hall–Kier alpha value is -0.740. The first-order valence-corrected chi connectivity index (χ1v) is 9.39. The van der Waals surface area contributed by atoms with E-state index in [1.165, 1.54) is 21.9 Å². The molecular weight excluding hydrogens is 419 g/mol. The summed E-state index contributed by atoms with van der Waals surface area (Å²) in [7, 11) is -3.77. The fraction of sp³-hybridized carbons (Fsp3) is 0.188. The van der Waals surface area contributed by atoms with Gasteiger partial charge < -0.3 is 0 Å². The van der Waals surface area contributed by atoms with Gasteiger partial charge in [-0.05, 0) is 29.8 Å². The average Bonchev–Trinajstić information content (AvgIpc) is 2.59. The summed E-state index contributed by atoms with van der Waals surface area (Å²) in [6.07, 6.45) is -0.140. The van der Waals surface area contributed by atoms with E-state index in [9.17, 15) is 13.2 Å². The van der Waals surface area contributed by atoms with E-state index in [2.05, 4.69) is 15.9 Å². The molecule has 0 spiro atoms. The van der Waals surface area contributed by atoms with Crippen molar-refractivity contribution in [3.63, 3.8) is 0 Å². The van der Waals surface area contributed by atoms with Gasteiger partial charge in [-0.15, -0.1) is 0 Å². The van der Waals surface area contributed by atoms with Crippen LogP contribution in [0.1, 0.15) is 12.0 Å². The number of amides is 1. The van der Waals surface area contributed by atoms with Crippen LogP contribution in [-0.4, -0.2) is 30.4 Å². The third-order valence-electron chi connectivity index (χ3n) is 3.37. The Bertz CT molecular complexity index is 786. The van der Waals surface area contributed by atoms with E-state index in [1.54, 1.807) is 12.1 Å². The van der Waals surface area contributed by atoms with Crippen molar-refractivity contribution in [1.82, 2.24) is 9.79 Å². The number of benzene rings is 2. The van der Waals surface area contributed by atoms with Crippen molar-refractivity contribution in [1.29, 1.82) is 0 Å². The molecule has 128 valence electrons. The smallest absolute Gasteiger partial charge is 0.289 e. The number of nitrogens with one attached hydrogen (secondary N) is 1. The third-order valence-corrected chi connectivity index (χ3v) is 5.75. The zero-order chi connectivity index (χ0) is 17.6. The number of carbonyl (C=O) groups is 1. The predicted octanol–water partition coefficient (Wildman–Crippen LogP) is -0.460. The molecule has 2 N–H and O–H groups in total. The molecule has 0 aliphatic heterocycles. The fourth-order valence-electron chi connectivity index (χ4n) is 2.11. The van der Waals surface area contributed by atoms with Gasteiger partial charge in [0.15, 0.2) is 0 Å². The Labute approximate surface area is 177 Å². The van der Waals surface area contributed by atoms with E-state index in [1.807, 2.05) is 30.3 Å². The van der Waals surface area contributed by atoms with Gasteiger partial charge in [-0.1, -0.05) is 46.3 Å². The van der Waals surface area contributed by atoms with Gasteiger partial charge in [-0.25, -0.2) is 13.9 Å². The zero-order valence-corrected chi connectivity index (χ0v) is 18.1. The van der Waals surface area contributed by atoms with Crippen LogP contribution in [0.15, 0.2) is 64.0 Å². The largest absolute Gasteiger partial charge is 1.00 e. The first-order valence-electron chi connectivity index (χ1n) is 7.16. The minimum Gasteiger partial charge on any atom is -0.289 e. The number of carbonyl (C=O) groups excluding carboxylic acids is 1. The molecule has 25 heavy (non-hydrogen) atoms. The predicted molar refractivity (Wildman–Crippen MR) is 92.7 cm³/mol. The van der Waals surface area contributed by atoms with Crippen LogP contribution in [0, 0.1) is 0 Å². The number of hydrogen-bond donors (Lipinski definition) is 2. The van der Waals surface area contributed by atoms with Crippen LogP contribution in [0.25, 0.3) is 0 Å². The first-order chi connectivity index (χ1) is 11.4. The monoisotopic (exact) mass is 435 g/mol. The molecule has 6 nitrogen and oxygen atoms in total. The second-order valence-corrected chi connectivity index (χ2v) is 7.92. The molecule has 0 heterocycles. The van der Waals surface area contributed by atoms with Gasteiger partial charge in [0.1, 0.15) is 0 Å². The molecule has 0 aliphatic rings. The number of hydroxylamine groups is 1. The minimum absolute atomic E-state index is 0. The van der Waals surface area contributed by atoms with Crippen LogP contribution in [-0.2, 0) is 21.4 Å². The zero-order valence-electron chi connectivity index (χ0n) is 13.7. The topological polar surface area (TPSA) is 86.7 Å². The Morgan fingerprint density at radius 3 is 2.24 bits per heavy atom. The average molecular weight is 436 g/mol. The first kappa shape index (κ1) is 22.3. The SMILES string of the molecule is O=C(CCN(Cc1ccccc1)S(=O)(=O)c1ccc(Br)cc1)NO.[Na+]. The Kier molecular flexibility index (Phi) is 9.29. The maximum absolute atomic E-state index is 12.9. The fourth-order valence-corrected chi connectivity index (χ4v) is 3.80. The van der Waals surface area contributed by atoms with Crippen molar-refractivity contribution >= 4 is 31.9 Å². The maximum atomic E-state index is 12.9. The Balaban J connectivity index is 0.00000312. The summed E-state index contributed by atoms with van der Waals surface area (Å²) >= 11 is 3.27. The van der Waals surface area contributed by atoms with Gasteiger partial charge >= 0.3 is 29.6 Å². The van der Waals surface area contributed by atoms with Crippen molar-refractivity contribution in [2.75, 3.05) is 6.54 Å². The molecule has 0 fully saturated rings. The molecular formula is C16H17BrN2NaO4S+. The second-order valence-electron chi connectivity index (χ2n) is 5.06. The molecule has 2 aromatic carbocycles. The molecule has 9 heteroatoms. The summed E-state index contributed by atoms with van der Waals surface area (Å²) in [5, 5.41) is 8.62. The molecule has 0 atom stereocenters. The van der Waals surface area contributed by atoms with Gasteiger partial charge in [-0.3, -0.25) is 10.0 Å². The van der Waals surface area contributed by atoms with E-state index >= 15 is 0 Å². The summed E-state index contributed by atoms with van der Waals surface area (Å²) in [6.45, 7) is 0.0949. The molecule has 1 amide bonds. The van der Waals surface area contributed by atoms with Crippen molar-refractivity contribution in [3.05, 3.63) is 64.6 Å². The number of nitrogens with zero attached hydrogens (tertiary/aromatic N) is 1. The number of rotatable bonds is 7. The molecule has 0 radical (unpaired) electrons. The normalized spacial score (nSPS) is 11.0. The van der Waals surface area contributed by atoms with Crippen molar-refractivity contribution in [3.8, 4) is 0 Å². The summed E-state index contributed by atoms with van der Waals surface area (Å²) in [5.41, 5.74) is 2.32. The Morgan fingerprint density at radius 1 is 1.08 bits per heavy atom. The summed E-state index contributed by atoms with van der Waals surface area (Å²) < 4.78 is 27.7. The van der Waals surface area contributed by atoms with Crippen LogP contribution in [0.4, 0.5) is 0 Å². The van der Waals surface area contributed by atoms with Crippen molar-refractivity contribution in [2.45, 2.75) is 17.9 Å². The second kappa shape index (κ2) is 10.4. The Morgan fingerprint density at radius 2 is 1.68 bits per heavy atom. The van der Waals surface area contributed by atoms with Gasteiger partial charge in [-0.2, -0.15) is 4.31 Å². The van der Waals surface area contributed by atoms with Gasteiger partial charge in [0, 0.05) is 24.0 Å². The van der Waals surface area contributed by atoms with Crippen molar-refractivity contribution in [2.24, 2.45) is 0 Å². The van der Waals surface area contributed by atoms with Crippen molar-refractivity contribution < 1.29 is 48.0 Å². The van der Waals surface area contributed by atoms with Gasteiger partial charge in [0.05, 0.1) is 4.90 Å². The third kappa shape index (κ3) is 6.49. The summed E-state index contributed by atoms with van der Waals surface area (Å²) in [6, 6.07) is 15.4. The van der Waals surface area contributed by atoms with Crippen LogP contribution < -0.4 is 35.0 Å². The maximum Gasteiger partial charge on any atom is 1.00 e. The van der Waals surface area contributed by atoms with E-state index in [-0.39, 0.29) is 54.0 Å². The van der Waals surface area contributed by atoms with Crippen LogP contribution >= 0.6 is 15.9 Å².